The average molecular weight is 337 g/mol. The maximum Gasteiger partial charge on any atom is 0.230 e. The predicted molar refractivity (Wildman–Crippen MR) is 79.6 cm³/mol. The fourth-order valence-corrected chi connectivity index (χ4v) is 3.89. The van der Waals surface area contributed by atoms with E-state index in [1.54, 1.807) is 23.1 Å². The number of thioether (sulfide) groups is 1. The minimum absolute atomic E-state index is 0.0686. The van der Waals surface area contributed by atoms with E-state index in [-0.39, 0.29) is 17.2 Å². The summed E-state index contributed by atoms with van der Waals surface area (Å²) < 4.78 is 1.10. The maximum absolute atomic E-state index is 11.5. The third-order valence-corrected chi connectivity index (χ3v) is 5.15. The van der Waals surface area contributed by atoms with Crippen LogP contribution >= 0.6 is 39.0 Å². The summed E-state index contributed by atoms with van der Waals surface area (Å²) in [6, 6.07) is 4.26. The molecule has 0 bridgehead atoms. The molecule has 1 aromatic rings. The highest BCUT2D eigenvalue weighted by Gasteiger charge is 2.14. The smallest absolute Gasteiger partial charge is 0.230 e. The van der Waals surface area contributed by atoms with Gasteiger partial charge in [0.25, 0.3) is 0 Å². The molecular formula is C11H17BrN2OS2. The molecule has 3 N–H and O–H groups in total. The van der Waals surface area contributed by atoms with Crippen LogP contribution in [0.2, 0.25) is 0 Å². The molecule has 1 aromatic heterocycles. The molecule has 0 fully saturated rings. The summed E-state index contributed by atoms with van der Waals surface area (Å²) >= 11 is 6.69. The van der Waals surface area contributed by atoms with Crippen molar-refractivity contribution in [2.24, 2.45) is 5.73 Å². The van der Waals surface area contributed by atoms with Gasteiger partial charge in [0.2, 0.25) is 5.91 Å². The highest BCUT2D eigenvalue weighted by Crippen LogP contribution is 2.34. The van der Waals surface area contributed by atoms with Crippen LogP contribution in [0.1, 0.15) is 24.0 Å². The minimum Gasteiger partial charge on any atom is -0.353 e. The quantitative estimate of drug-likeness (QED) is 0.839. The fraction of sp³-hybridized carbons (Fsp3) is 0.545. The van der Waals surface area contributed by atoms with Crippen LogP contribution in [0.4, 0.5) is 0 Å². The van der Waals surface area contributed by atoms with Gasteiger partial charge in [0.05, 0.1) is 14.8 Å². The lowest BCUT2D eigenvalue weighted by Crippen LogP contribution is -2.31. The van der Waals surface area contributed by atoms with Crippen LogP contribution in [0.3, 0.4) is 0 Å². The molecule has 0 aliphatic heterocycles. The summed E-state index contributed by atoms with van der Waals surface area (Å²) in [5, 5.41) is 3.07. The molecule has 0 spiro atoms. The van der Waals surface area contributed by atoms with E-state index in [9.17, 15) is 4.79 Å². The molecule has 1 unspecified atom stereocenters. The second kappa shape index (κ2) is 7.41. The Morgan fingerprint density at radius 3 is 2.76 bits per heavy atom. The first-order valence-electron chi connectivity index (χ1n) is 5.39. The first-order valence-corrected chi connectivity index (χ1v) is 8.05. The van der Waals surface area contributed by atoms with Crippen molar-refractivity contribution in [2.75, 3.05) is 12.3 Å². The molecule has 6 heteroatoms. The highest BCUT2D eigenvalue weighted by molar-refractivity contribution is 9.11. The van der Waals surface area contributed by atoms with Crippen LogP contribution < -0.4 is 11.1 Å². The summed E-state index contributed by atoms with van der Waals surface area (Å²) in [5.74, 6) is 0.523. The van der Waals surface area contributed by atoms with Crippen molar-refractivity contribution < 1.29 is 4.79 Å². The van der Waals surface area contributed by atoms with E-state index >= 15 is 0 Å². The Bertz CT molecular complexity index is 368. The van der Waals surface area contributed by atoms with Gasteiger partial charge in [0.1, 0.15) is 0 Å². The SMILES string of the molecule is CC(C)NC(=O)CSC(CN)c1ccc(Br)s1. The molecule has 1 amide bonds. The molecule has 17 heavy (non-hydrogen) atoms. The van der Waals surface area contributed by atoms with Gasteiger partial charge >= 0.3 is 0 Å². The van der Waals surface area contributed by atoms with Crippen LogP contribution in [0, 0.1) is 0 Å². The third kappa shape index (κ3) is 5.42. The van der Waals surface area contributed by atoms with Gasteiger partial charge in [-0.2, -0.15) is 0 Å². The van der Waals surface area contributed by atoms with E-state index in [1.165, 1.54) is 4.88 Å². The van der Waals surface area contributed by atoms with E-state index in [1.807, 2.05) is 19.9 Å². The van der Waals surface area contributed by atoms with Crippen LogP contribution in [0.5, 0.6) is 0 Å². The van der Waals surface area contributed by atoms with E-state index in [2.05, 4.69) is 27.3 Å². The summed E-state index contributed by atoms with van der Waals surface area (Å²) in [7, 11) is 0. The van der Waals surface area contributed by atoms with E-state index in [4.69, 9.17) is 5.73 Å². The van der Waals surface area contributed by atoms with Crippen molar-refractivity contribution in [3.05, 3.63) is 20.8 Å². The number of hydrogen-bond donors (Lipinski definition) is 2. The Kier molecular flexibility index (Phi) is 6.54. The van der Waals surface area contributed by atoms with Crippen LogP contribution in [-0.4, -0.2) is 24.2 Å². The molecule has 0 saturated carbocycles. The standard InChI is InChI=1S/C11H17BrN2OS2/c1-7(2)14-11(15)6-16-9(5-13)8-3-4-10(12)17-8/h3-4,7,9H,5-6,13H2,1-2H3,(H,14,15). The lowest BCUT2D eigenvalue weighted by molar-refractivity contribution is -0.119. The molecule has 0 aromatic carbocycles. The number of rotatable bonds is 6. The summed E-state index contributed by atoms with van der Waals surface area (Å²) in [4.78, 5) is 12.7. The fourth-order valence-electron chi connectivity index (χ4n) is 1.31. The van der Waals surface area contributed by atoms with Gasteiger partial charge in [-0.05, 0) is 41.9 Å². The largest absolute Gasteiger partial charge is 0.353 e. The number of hydrogen-bond acceptors (Lipinski definition) is 4. The zero-order valence-corrected chi connectivity index (χ0v) is 13.1. The average Bonchev–Trinajstić information content (AvgIpc) is 2.65. The molecule has 3 nitrogen and oxygen atoms in total. The van der Waals surface area contributed by atoms with Crippen LogP contribution in [0.15, 0.2) is 15.9 Å². The number of thiophene rings is 1. The normalized spacial score (nSPS) is 12.8. The van der Waals surface area contributed by atoms with Gasteiger partial charge in [-0.3, -0.25) is 4.79 Å². The van der Waals surface area contributed by atoms with Crippen molar-refractivity contribution in [3.8, 4) is 0 Å². The second-order valence-electron chi connectivity index (χ2n) is 3.90. The Morgan fingerprint density at radius 1 is 1.59 bits per heavy atom. The van der Waals surface area contributed by atoms with Crippen molar-refractivity contribution in [2.45, 2.75) is 25.1 Å². The van der Waals surface area contributed by atoms with Crippen molar-refractivity contribution >= 4 is 44.9 Å². The van der Waals surface area contributed by atoms with Gasteiger partial charge in [0.15, 0.2) is 0 Å². The minimum atomic E-state index is 0.0686. The van der Waals surface area contributed by atoms with E-state index in [0.717, 1.165) is 3.79 Å². The first kappa shape index (κ1) is 15.0. The lowest BCUT2D eigenvalue weighted by Gasteiger charge is -2.13. The number of amides is 1. The molecule has 0 aliphatic rings. The van der Waals surface area contributed by atoms with Crippen molar-refractivity contribution in [3.63, 3.8) is 0 Å². The topological polar surface area (TPSA) is 55.1 Å². The summed E-state index contributed by atoms with van der Waals surface area (Å²) in [6.45, 7) is 4.46. The Hall–Kier alpha value is -0.0400. The predicted octanol–water partition coefficient (Wildman–Crippen LogP) is 2.77. The van der Waals surface area contributed by atoms with E-state index < -0.39 is 0 Å². The molecular weight excluding hydrogens is 320 g/mol. The molecule has 0 aliphatic carbocycles. The van der Waals surface area contributed by atoms with Gasteiger partial charge < -0.3 is 11.1 Å². The maximum atomic E-state index is 11.5. The second-order valence-corrected chi connectivity index (χ2v) is 7.59. The van der Waals surface area contributed by atoms with Gasteiger partial charge in [-0.1, -0.05) is 0 Å². The number of nitrogens with one attached hydrogen (secondary N) is 1. The molecule has 0 radical (unpaired) electrons. The van der Waals surface area contributed by atoms with Crippen molar-refractivity contribution in [1.82, 2.24) is 5.32 Å². The third-order valence-electron chi connectivity index (χ3n) is 1.99. The Balaban J connectivity index is 2.45. The van der Waals surface area contributed by atoms with Crippen molar-refractivity contribution in [1.29, 1.82) is 0 Å². The lowest BCUT2D eigenvalue weighted by atomic mass is 10.3. The zero-order valence-electron chi connectivity index (χ0n) is 9.90. The number of carbonyl (C=O) groups excluding carboxylic acids is 1. The van der Waals surface area contributed by atoms with Gasteiger partial charge in [0, 0.05) is 17.5 Å². The molecule has 1 rings (SSSR count). The number of halogens is 1. The highest BCUT2D eigenvalue weighted by atomic mass is 79.9. The number of nitrogens with two attached hydrogens (primary N) is 1. The first-order chi connectivity index (χ1) is 8.02. The zero-order chi connectivity index (χ0) is 12.8. The Morgan fingerprint density at radius 2 is 2.29 bits per heavy atom. The van der Waals surface area contributed by atoms with Crippen LogP contribution in [0.25, 0.3) is 0 Å². The Labute approximate surface area is 119 Å². The summed E-state index contributed by atoms with van der Waals surface area (Å²) in [6.07, 6.45) is 0. The van der Waals surface area contributed by atoms with Crippen LogP contribution in [-0.2, 0) is 4.79 Å². The van der Waals surface area contributed by atoms with E-state index in [0.29, 0.717) is 12.3 Å². The molecule has 1 heterocycles. The van der Waals surface area contributed by atoms with Gasteiger partial charge in [-0.15, -0.1) is 23.1 Å². The monoisotopic (exact) mass is 336 g/mol. The summed E-state index contributed by atoms with van der Waals surface area (Å²) in [5.41, 5.74) is 5.74. The molecule has 1 atom stereocenters. The molecule has 0 saturated heterocycles. The molecule has 96 valence electrons. The number of carbonyl (C=O) groups is 1. The van der Waals surface area contributed by atoms with Gasteiger partial charge in [-0.25, -0.2) is 0 Å².